The molecule has 2 aromatic rings. The minimum Gasteiger partial charge on any atom is -0.287 e. The van der Waals surface area contributed by atoms with Crippen LogP contribution in [0.15, 0.2) is 30.7 Å². The highest BCUT2D eigenvalue weighted by atomic mass is 15.2. The Kier molecular flexibility index (Phi) is 1.59. The maximum Gasteiger partial charge on any atom is 0.160 e. The fraction of sp³-hybridized carbons (Fsp3) is 0.125. The molecule has 0 amide bonds. The van der Waals surface area contributed by atoms with Crippen molar-refractivity contribution in [3.63, 3.8) is 0 Å². The summed E-state index contributed by atoms with van der Waals surface area (Å²) >= 11 is 0. The molecule has 0 spiro atoms. The minimum atomic E-state index is 0.799. The van der Waals surface area contributed by atoms with Crippen LogP contribution >= 0.6 is 0 Å². The smallest absolute Gasteiger partial charge is 0.160 e. The van der Waals surface area contributed by atoms with Crippen molar-refractivity contribution in [3.05, 3.63) is 36.5 Å². The van der Waals surface area contributed by atoms with E-state index in [1.807, 2.05) is 29.8 Å². The van der Waals surface area contributed by atoms with Crippen LogP contribution in [-0.4, -0.2) is 19.7 Å². The van der Waals surface area contributed by atoms with Crippen molar-refractivity contribution in [1.29, 1.82) is 0 Å². The van der Waals surface area contributed by atoms with Crippen LogP contribution in [0.2, 0.25) is 0 Å². The predicted octanol–water partition coefficient (Wildman–Crippen LogP) is 0.971. The third-order valence-corrected chi connectivity index (χ3v) is 1.63. The number of aromatic nitrogens is 4. The molecule has 0 radical (unpaired) electrons. The first-order valence-corrected chi connectivity index (χ1v) is 3.66. The summed E-state index contributed by atoms with van der Waals surface area (Å²) in [5, 5.41) is 7.74. The van der Waals surface area contributed by atoms with Gasteiger partial charge in [0, 0.05) is 18.6 Å². The number of rotatable bonds is 1. The van der Waals surface area contributed by atoms with Crippen LogP contribution in [0.5, 0.6) is 0 Å². The minimum absolute atomic E-state index is 0.799. The fourth-order valence-electron chi connectivity index (χ4n) is 1.04. The molecule has 0 aliphatic heterocycles. The molecule has 2 aromatic heterocycles. The van der Waals surface area contributed by atoms with E-state index in [1.165, 1.54) is 0 Å². The summed E-state index contributed by atoms with van der Waals surface area (Å²) in [5.74, 6) is 1.71. The van der Waals surface area contributed by atoms with E-state index in [1.54, 1.807) is 12.4 Å². The molecule has 2 heterocycles. The van der Waals surface area contributed by atoms with Crippen molar-refractivity contribution >= 4 is 0 Å². The van der Waals surface area contributed by atoms with Gasteiger partial charge in [0.2, 0.25) is 0 Å². The van der Waals surface area contributed by atoms with Crippen LogP contribution in [0.25, 0.3) is 5.82 Å². The highest BCUT2D eigenvalue weighted by Crippen LogP contribution is 2.03. The Hall–Kier alpha value is -1.71. The quantitative estimate of drug-likeness (QED) is 0.624. The maximum atomic E-state index is 4.09. The van der Waals surface area contributed by atoms with Gasteiger partial charge in [0.1, 0.15) is 5.82 Å². The third-order valence-electron chi connectivity index (χ3n) is 1.63. The highest BCUT2D eigenvalue weighted by molar-refractivity contribution is 5.21. The molecular formula is C8H8N4. The summed E-state index contributed by atoms with van der Waals surface area (Å²) in [6.07, 6.45) is 5.25. The van der Waals surface area contributed by atoms with Crippen molar-refractivity contribution in [2.24, 2.45) is 0 Å². The molecule has 0 saturated carbocycles. The molecule has 0 aliphatic rings. The topological polar surface area (TPSA) is 43.6 Å². The largest absolute Gasteiger partial charge is 0.287 e. The molecular weight excluding hydrogens is 152 g/mol. The van der Waals surface area contributed by atoms with Gasteiger partial charge >= 0.3 is 0 Å². The van der Waals surface area contributed by atoms with Crippen LogP contribution in [0.1, 0.15) is 5.82 Å². The zero-order valence-corrected chi connectivity index (χ0v) is 6.68. The van der Waals surface area contributed by atoms with E-state index in [0.29, 0.717) is 0 Å². The summed E-state index contributed by atoms with van der Waals surface area (Å²) in [6.45, 7) is 1.93. The summed E-state index contributed by atoms with van der Waals surface area (Å²) in [7, 11) is 0. The van der Waals surface area contributed by atoms with Gasteiger partial charge in [-0.3, -0.25) is 4.57 Å². The van der Waals surface area contributed by atoms with Gasteiger partial charge in [-0.25, -0.2) is 4.98 Å². The molecule has 0 N–H and O–H groups in total. The number of hydrogen-bond acceptors (Lipinski definition) is 3. The van der Waals surface area contributed by atoms with Gasteiger partial charge in [0.25, 0.3) is 0 Å². The van der Waals surface area contributed by atoms with Crippen LogP contribution in [-0.2, 0) is 0 Å². The summed E-state index contributed by atoms with van der Waals surface area (Å²) in [4.78, 5) is 4.09. The van der Waals surface area contributed by atoms with Crippen molar-refractivity contribution in [1.82, 2.24) is 19.7 Å². The van der Waals surface area contributed by atoms with Gasteiger partial charge in [-0.15, -0.1) is 5.10 Å². The maximum absolute atomic E-state index is 4.09. The number of aryl methyl sites for hydroxylation is 1. The van der Waals surface area contributed by atoms with Gasteiger partial charge in [0.15, 0.2) is 5.82 Å². The summed E-state index contributed by atoms with van der Waals surface area (Å²) in [6, 6.07) is 3.74. The van der Waals surface area contributed by atoms with Crippen molar-refractivity contribution < 1.29 is 0 Å². The normalized spacial score (nSPS) is 10.1. The molecule has 2 rings (SSSR count). The number of imidazole rings is 1. The third kappa shape index (κ3) is 1.07. The molecule has 0 unspecified atom stereocenters. The second-order valence-electron chi connectivity index (χ2n) is 2.43. The van der Waals surface area contributed by atoms with Gasteiger partial charge in [-0.2, -0.15) is 5.10 Å². The molecule has 0 atom stereocenters. The lowest BCUT2D eigenvalue weighted by Gasteiger charge is -2.00. The second kappa shape index (κ2) is 2.73. The molecule has 60 valence electrons. The highest BCUT2D eigenvalue weighted by Gasteiger charge is 1.99. The first-order valence-electron chi connectivity index (χ1n) is 3.66. The first kappa shape index (κ1) is 6.97. The van der Waals surface area contributed by atoms with Crippen molar-refractivity contribution in [3.8, 4) is 5.82 Å². The predicted molar refractivity (Wildman–Crippen MR) is 43.9 cm³/mol. The Morgan fingerprint density at radius 3 is 2.83 bits per heavy atom. The molecule has 0 fully saturated rings. The lowest BCUT2D eigenvalue weighted by Crippen LogP contribution is -1.98. The molecule has 0 aromatic carbocycles. The average molecular weight is 160 g/mol. The first-order chi connectivity index (χ1) is 5.88. The SMILES string of the molecule is Cc1nccn1-c1cccnn1. The van der Waals surface area contributed by atoms with E-state index >= 15 is 0 Å². The van der Waals surface area contributed by atoms with Crippen LogP contribution < -0.4 is 0 Å². The van der Waals surface area contributed by atoms with Gasteiger partial charge in [-0.05, 0) is 19.1 Å². The number of hydrogen-bond donors (Lipinski definition) is 0. The van der Waals surface area contributed by atoms with E-state index in [9.17, 15) is 0 Å². The Labute approximate surface area is 69.9 Å². The van der Waals surface area contributed by atoms with E-state index in [0.717, 1.165) is 11.6 Å². The fourth-order valence-corrected chi connectivity index (χ4v) is 1.04. The summed E-state index contributed by atoms with van der Waals surface area (Å²) < 4.78 is 1.88. The van der Waals surface area contributed by atoms with E-state index in [4.69, 9.17) is 0 Å². The zero-order valence-electron chi connectivity index (χ0n) is 6.68. The Bertz CT molecular complexity index is 366. The molecule has 0 saturated heterocycles. The average Bonchev–Trinajstić information content (AvgIpc) is 2.53. The van der Waals surface area contributed by atoms with E-state index in [2.05, 4.69) is 15.2 Å². The molecule has 4 heteroatoms. The van der Waals surface area contributed by atoms with Crippen LogP contribution in [0.4, 0.5) is 0 Å². The van der Waals surface area contributed by atoms with Crippen LogP contribution in [0, 0.1) is 6.92 Å². The van der Waals surface area contributed by atoms with E-state index < -0.39 is 0 Å². The van der Waals surface area contributed by atoms with Crippen molar-refractivity contribution in [2.45, 2.75) is 6.92 Å². The van der Waals surface area contributed by atoms with Gasteiger partial charge < -0.3 is 0 Å². The van der Waals surface area contributed by atoms with Crippen molar-refractivity contribution in [2.75, 3.05) is 0 Å². The summed E-state index contributed by atoms with van der Waals surface area (Å²) in [5.41, 5.74) is 0. The monoisotopic (exact) mass is 160 g/mol. The zero-order chi connectivity index (χ0) is 8.39. The Balaban J connectivity index is 2.51. The molecule has 4 nitrogen and oxygen atoms in total. The second-order valence-corrected chi connectivity index (χ2v) is 2.43. The lowest BCUT2D eigenvalue weighted by atomic mass is 10.5. The Morgan fingerprint density at radius 1 is 1.33 bits per heavy atom. The molecule has 12 heavy (non-hydrogen) atoms. The van der Waals surface area contributed by atoms with E-state index in [-0.39, 0.29) is 0 Å². The standard InChI is InChI=1S/C8H8N4/c1-7-9-5-6-12(7)8-3-2-4-10-11-8/h2-6H,1H3. The van der Waals surface area contributed by atoms with Gasteiger partial charge in [0.05, 0.1) is 0 Å². The molecule has 0 aliphatic carbocycles. The lowest BCUT2D eigenvalue weighted by molar-refractivity contribution is 0.879. The number of nitrogens with zero attached hydrogens (tertiary/aromatic N) is 4. The molecule has 0 bridgehead atoms. The Morgan fingerprint density at radius 2 is 2.25 bits per heavy atom. The van der Waals surface area contributed by atoms with Gasteiger partial charge in [-0.1, -0.05) is 0 Å². The van der Waals surface area contributed by atoms with Crippen LogP contribution in [0.3, 0.4) is 0 Å².